The van der Waals surface area contributed by atoms with Crippen LogP contribution in [0.4, 0.5) is 5.82 Å². The van der Waals surface area contributed by atoms with Gasteiger partial charge >= 0.3 is 0 Å². The summed E-state index contributed by atoms with van der Waals surface area (Å²) in [5.41, 5.74) is 6.02. The predicted octanol–water partition coefficient (Wildman–Crippen LogP) is 4.02. The highest BCUT2D eigenvalue weighted by Gasteiger charge is 2.10. The lowest BCUT2D eigenvalue weighted by Crippen LogP contribution is -2.09. The van der Waals surface area contributed by atoms with Crippen LogP contribution >= 0.6 is 0 Å². The van der Waals surface area contributed by atoms with E-state index in [1.807, 2.05) is 75.0 Å². The Kier molecular flexibility index (Phi) is 4.28. The van der Waals surface area contributed by atoms with Crippen LogP contribution in [0, 0.1) is 6.92 Å². The number of hydrogen-bond acceptors (Lipinski definition) is 5. The van der Waals surface area contributed by atoms with Crippen molar-refractivity contribution < 1.29 is 0 Å². The van der Waals surface area contributed by atoms with Crippen LogP contribution in [0.15, 0.2) is 73.4 Å². The van der Waals surface area contributed by atoms with Crippen molar-refractivity contribution in [1.82, 2.24) is 29.1 Å². The highest BCUT2D eigenvalue weighted by Crippen LogP contribution is 2.26. The fourth-order valence-corrected chi connectivity index (χ4v) is 3.44. The molecule has 0 N–H and O–H groups in total. The summed E-state index contributed by atoms with van der Waals surface area (Å²) >= 11 is 0. The van der Waals surface area contributed by atoms with E-state index in [2.05, 4.69) is 42.7 Å². The van der Waals surface area contributed by atoms with Crippen LogP contribution < -0.4 is 4.90 Å². The molecule has 5 aromatic heterocycles. The van der Waals surface area contributed by atoms with Crippen molar-refractivity contribution in [1.29, 1.82) is 0 Å². The third-order valence-corrected chi connectivity index (χ3v) is 5.05. The van der Waals surface area contributed by atoms with Crippen LogP contribution in [0.3, 0.4) is 0 Å². The largest absolute Gasteiger partial charge is 0.363 e. The normalized spacial score (nSPS) is 11.2. The Labute approximate surface area is 174 Å². The second-order valence-corrected chi connectivity index (χ2v) is 7.39. The van der Waals surface area contributed by atoms with Gasteiger partial charge in [0.25, 0.3) is 0 Å². The number of rotatable bonds is 4. The summed E-state index contributed by atoms with van der Waals surface area (Å²) in [4.78, 5) is 15.6. The lowest BCUT2D eigenvalue weighted by atomic mass is 10.1. The van der Waals surface area contributed by atoms with Gasteiger partial charge in [0.05, 0.1) is 17.6 Å². The maximum absolute atomic E-state index is 4.63. The number of nitrogens with zero attached hydrogens (tertiary/aromatic N) is 7. The van der Waals surface area contributed by atoms with Gasteiger partial charge in [0, 0.05) is 50.0 Å². The van der Waals surface area contributed by atoms with E-state index in [4.69, 9.17) is 0 Å². The van der Waals surface area contributed by atoms with E-state index >= 15 is 0 Å². The molecule has 0 aliphatic carbocycles. The van der Waals surface area contributed by atoms with E-state index in [0.717, 1.165) is 45.4 Å². The maximum Gasteiger partial charge on any atom is 0.153 e. The molecule has 0 fully saturated rings. The smallest absolute Gasteiger partial charge is 0.153 e. The summed E-state index contributed by atoms with van der Waals surface area (Å²) in [6.45, 7) is 1.96. The number of fused-ring (bicyclic) bond motifs is 1. The number of imidazole rings is 1. The topological polar surface area (TPSA) is 64.1 Å². The zero-order chi connectivity index (χ0) is 20.7. The Hall–Kier alpha value is -4.00. The zero-order valence-electron chi connectivity index (χ0n) is 17.1. The average molecular weight is 395 g/mol. The van der Waals surface area contributed by atoms with Crippen molar-refractivity contribution in [2.24, 2.45) is 0 Å². The molecular formula is C23H21N7. The van der Waals surface area contributed by atoms with E-state index < -0.39 is 0 Å². The highest BCUT2D eigenvalue weighted by molar-refractivity contribution is 5.71. The van der Waals surface area contributed by atoms with Gasteiger partial charge in [-0.05, 0) is 55.0 Å². The molecule has 0 aliphatic rings. The van der Waals surface area contributed by atoms with Crippen LogP contribution in [0.1, 0.15) is 5.69 Å². The first-order chi connectivity index (χ1) is 14.6. The Morgan fingerprint density at radius 3 is 2.43 bits per heavy atom. The van der Waals surface area contributed by atoms with Crippen molar-refractivity contribution in [2.75, 3.05) is 19.0 Å². The van der Waals surface area contributed by atoms with Gasteiger partial charge in [-0.2, -0.15) is 5.10 Å². The molecule has 0 saturated carbocycles. The van der Waals surface area contributed by atoms with Crippen LogP contribution in [-0.4, -0.2) is 43.2 Å². The minimum atomic E-state index is 0.777. The number of hydrogen-bond donors (Lipinski definition) is 0. The van der Waals surface area contributed by atoms with Gasteiger partial charge in [-0.25, -0.2) is 19.6 Å². The quantitative estimate of drug-likeness (QED) is 0.460. The molecule has 0 spiro atoms. The van der Waals surface area contributed by atoms with Gasteiger partial charge in [-0.1, -0.05) is 0 Å². The first-order valence-corrected chi connectivity index (χ1v) is 9.68. The van der Waals surface area contributed by atoms with Crippen molar-refractivity contribution >= 4 is 11.5 Å². The lowest BCUT2D eigenvalue weighted by molar-refractivity contribution is 0.832. The molecule has 5 heterocycles. The standard InChI is InChI=1S/C23H21N7/c1-16-7-11-30(27-16)23-13-18(6-9-24-23)20-15-26-22-12-17(8-10-29(20)22)19-4-5-21(25-14-19)28(2)3/h4-15H,1-3H3. The second-order valence-electron chi connectivity index (χ2n) is 7.39. The number of aromatic nitrogens is 6. The van der Waals surface area contributed by atoms with Crippen molar-refractivity contribution in [3.63, 3.8) is 0 Å². The molecule has 7 nitrogen and oxygen atoms in total. The molecule has 7 heteroatoms. The van der Waals surface area contributed by atoms with Gasteiger partial charge in [0.15, 0.2) is 5.82 Å². The van der Waals surface area contributed by atoms with E-state index in [9.17, 15) is 0 Å². The van der Waals surface area contributed by atoms with Gasteiger partial charge in [-0.15, -0.1) is 0 Å². The molecule has 0 bridgehead atoms. The lowest BCUT2D eigenvalue weighted by Gasteiger charge is -2.11. The van der Waals surface area contributed by atoms with Crippen LogP contribution in [-0.2, 0) is 0 Å². The molecule has 0 aliphatic heterocycles. The number of pyridine rings is 3. The Bertz CT molecular complexity index is 1330. The van der Waals surface area contributed by atoms with Gasteiger partial charge in [0.2, 0.25) is 0 Å². The van der Waals surface area contributed by atoms with Crippen molar-refractivity contribution in [2.45, 2.75) is 6.92 Å². The molecule has 0 amide bonds. The minimum Gasteiger partial charge on any atom is -0.363 e. The van der Waals surface area contributed by atoms with E-state index in [1.165, 1.54) is 0 Å². The molecule has 30 heavy (non-hydrogen) atoms. The van der Waals surface area contributed by atoms with Crippen molar-refractivity contribution in [3.8, 4) is 28.2 Å². The molecule has 0 saturated heterocycles. The number of aryl methyl sites for hydroxylation is 1. The molecule has 148 valence electrons. The molecular weight excluding hydrogens is 374 g/mol. The third-order valence-electron chi connectivity index (χ3n) is 5.05. The molecule has 5 aromatic rings. The predicted molar refractivity (Wildman–Crippen MR) is 118 cm³/mol. The summed E-state index contributed by atoms with van der Waals surface area (Å²) < 4.78 is 3.86. The monoisotopic (exact) mass is 395 g/mol. The molecule has 0 radical (unpaired) electrons. The van der Waals surface area contributed by atoms with Gasteiger partial charge < -0.3 is 4.90 Å². The molecule has 5 rings (SSSR count). The summed E-state index contributed by atoms with van der Waals surface area (Å²) in [6, 6.07) is 14.2. The van der Waals surface area contributed by atoms with Crippen molar-refractivity contribution in [3.05, 3.63) is 79.1 Å². The average Bonchev–Trinajstić information content (AvgIpc) is 3.40. The van der Waals surface area contributed by atoms with Crippen LogP contribution in [0.5, 0.6) is 0 Å². The second kappa shape index (κ2) is 7.11. The molecule has 0 aromatic carbocycles. The zero-order valence-corrected chi connectivity index (χ0v) is 17.1. The SMILES string of the molecule is Cc1ccn(-c2cc(-c3cnc4cc(-c5ccc(N(C)C)nc5)ccn34)ccn2)n1. The highest BCUT2D eigenvalue weighted by atomic mass is 15.3. The third kappa shape index (κ3) is 3.20. The summed E-state index contributed by atoms with van der Waals surface area (Å²) in [6.07, 6.45) is 9.54. The van der Waals surface area contributed by atoms with Gasteiger partial charge in [0.1, 0.15) is 11.5 Å². The summed E-state index contributed by atoms with van der Waals surface area (Å²) in [7, 11) is 3.97. The van der Waals surface area contributed by atoms with Crippen LogP contribution in [0.25, 0.3) is 33.8 Å². The first kappa shape index (κ1) is 18.1. The Morgan fingerprint density at radius 2 is 1.70 bits per heavy atom. The molecule has 0 atom stereocenters. The first-order valence-electron chi connectivity index (χ1n) is 9.68. The number of anilines is 1. The maximum atomic E-state index is 4.63. The van der Waals surface area contributed by atoms with E-state index in [-0.39, 0.29) is 0 Å². The van der Waals surface area contributed by atoms with Gasteiger partial charge in [-0.3, -0.25) is 4.40 Å². The molecule has 0 unspecified atom stereocenters. The fraction of sp³-hybridized carbons (Fsp3) is 0.130. The van der Waals surface area contributed by atoms with E-state index in [1.54, 1.807) is 10.9 Å². The summed E-state index contributed by atoms with van der Waals surface area (Å²) in [5, 5.41) is 4.45. The van der Waals surface area contributed by atoms with E-state index in [0.29, 0.717) is 0 Å². The fourth-order valence-electron chi connectivity index (χ4n) is 3.44. The van der Waals surface area contributed by atoms with Crippen LogP contribution in [0.2, 0.25) is 0 Å². The minimum absolute atomic E-state index is 0.777. The Balaban J connectivity index is 1.51. The summed E-state index contributed by atoms with van der Waals surface area (Å²) in [5.74, 6) is 1.71. The Morgan fingerprint density at radius 1 is 0.800 bits per heavy atom.